The average Bonchev–Trinajstić information content (AvgIpc) is 2.33. The molecule has 98 valence electrons. The van der Waals surface area contributed by atoms with Crippen molar-refractivity contribution in [2.24, 2.45) is 5.73 Å². The highest BCUT2D eigenvalue weighted by Crippen LogP contribution is 2.31. The zero-order valence-electron chi connectivity index (χ0n) is 10.1. The van der Waals surface area contributed by atoms with Crippen molar-refractivity contribution in [3.8, 4) is 11.5 Å². The third-order valence-electron chi connectivity index (χ3n) is 2.58. The van der Waals surface area contributed by atoms with Gasteiger partial charge in [-0.15, -0.1) is 0 Å². The van der Waals surface area contributed by atoms with Gasteiger partial charge in [-0.3, -0.25) is 0 Å². The zero-order valence-corrected chi connectivity index (χ0v) is 12.5. The van der Waals surface area contributed by atoms with Crippen LogP contribution in [0, 0.1) is 12.7 Å². The molecule has 0 aliphatic carbocycles. The Bertz CT molecular complexity index is 645. The number of rotatable bonds is 3. The first-order valence-corrected chi connectivity index (χ1v) is 6.71. The Morgan fingerprint density at radius 2 is 2.05 bits per heavy atom. The molecule has 0 heterocycles. The van der Waals surface area contributed by atoms with E-state index in [4.69, 9.17) is 22.7 Å². The predicted molar refractivity (Wildman–Crippen MR) is 81.2 cm³/mol. The molecule has 0 aliphatic rings. The molecule has 0 radical (unpaired) electrons. The van der Waals surface area contributed by atoms with Crippen LogP contribution < -0.4 is 10.5 Å². The van der Waals surface area contributed by atoms with Gasteiger partial charge < -0.3 is 10.5 Å². The number of benzene rings is 2. The molecule has 0 fully saturated rings. The predicted octanol–water partition coefficient (Wildman–Crippen LogP) is 4.32. The van der Waals surface area contributed by atoms with Crippen LogP contribution in [0.2, 0.25) is 0 Å². The molecule has 0 spiro atoms. The molecule has 0 aromatic heterocycles. The molecule has 2 rings (SSSR count). The monoisotopic (exact) mass is 339 g/mol. The van der Waals surface area contributed by atoms with E-state index in [-0.39, 0.29) is 10.8 Å². The fraction of sp³-hybridized carbons (Fsp3) is 0.0714. The number of nitrogens with two attached hydrogens (primary N) is 1. The van der Waals surface area contributed by atoms with Crippen molar-refractivity contribution in [3.63, 3.8) is 0 Å². The summed E-state index contributed by atoms with van der Waals surface area (Å²) in [5, 5.41) is 0. The van der Waals surface area contributed by atoms with Crippen molar-refractivity contribution < 1.29 is 9.13 Å². The molecule has 2 N–H and O–H groups in total. The topological polar surface area (TPSA) is 35.2 Å². The van der Waals surface area contributed by atoms with Gasteiger partial charge in [-0.1, -0.05) is 18.3 Å². The molecule has 0 saturated carbocycles. The highest BCUT2D eigenvalue weighted by Gasteiger charge is 2.11. The van der Waals surface area contributed by atoms with Crippen LogP contribution in [0.3, 0.4) is 0 Å². The maximum Gasteiger partial charge on any atom is 0.138 e. The molecule has 0 aliphatic heterocycles. The largest absolute Gasteiger partial charge is 0.457 e. The Labute approximate surface area is 124 Å². The molecule has 0 unspecified atom stereocenters. The van der Waals surface area contributed by atoms with E-state index in [1.54, 1.807) is 25.1 Å². The molecular formula is C14H11BrFNOS. The average molecular weight is 340 g/mol. The lowest BCUT2D eigenvalue weighted by atomic mass is 10.2. The number of hydrogen-bond acceptors (Lipinski definition) is 2. The number of thiocarbonyl (C=S) groups is 1. The summed E-state index contributed by atoms with van der Waals surface area (Å²) in [6, 6.07) is 9.96. The van der Waals surface area contributed by atoms with Crippen LogP contribution in [0.4, 0.5) is 4.39 Å². The quantitative estimate of drug-likeness (QED) is 0.845. The van der Waals surface area contributed by atoms with Crippen LogP contribution in [0.5, 0.6) is 11.5 Å². The lowest BCUT2D eigenvalue weighted by molar-refractivity contribution is 0.478. The Hall–Kier alpha value is -1.46. The van der Waals surface area contributed by atoms with Crippen LogP contribution in [-0.4, -0.2) is 4.99 Å². The minimum absolute atomic E-state index is 0.237. The van der Waals surface area contributed by atoms with Crippen molar-refractivity contribution in [1.82, 2.24) is 0 Å². The Kier molecular flexibility index (Phi) is 4.17. The first kappa shape index (κ1) is 14.0. The van der Waals surface area contributed by atoms with Gasteiger partial charge in [0.2, 0.25) is 0 Å². The van der Waals surface area contributed by atoms with Crippen molar-refractivity contribution in [3.05, 3.63) is 57.8 Å². The minimum Gasteiger partial charge on any atom is -0.457 e. The number of aryl methyl sites for hydroxylation is 1. The summed E-state index contributed by atoms with van der Waals surface area (Å²) >= 11 is 8.39. The summed E-state index contributed by atoms with van der Waals surface area (Å²) < 4.78 is 19.7. The summed E-state index contributed by atoms with van der Waals surface area (Å²) in [6.45, 7) is 1.68. The molecule has 5 heteroatoms. The standard InChI is InChI=1S/C14H11BrFNOS/c1-8-7-9(5-6-11(8)16)18-12-4-2-3-10(15)13(12)14(17)19/h2-7H,1H3,(H2,17,19). The van der Waals surface area contributed by atoms with Gasteiger partial charge in [-0.25, -0.2) is 4.39 Å². The fourth-order valence-electron chi connectivity index (χ4n) is 1.64. The van der Waals surface area contributed by atoms with E-state index in [0.29, 0.717) is 22.6 Å². The van der Waals surface area contributed by atoms with E-state index in [9.17, 15) is 4.39 Å². The molecule has 19 heavy (non-hydrogen) atoms. The van der Waals surface area contributed by atoms with E-state index in [2.05, 4.69) is 15.9 Å². The molecular weight excluding hydrogens is 329 g/mol. The van der Waals surface area contributed by atoms with Gasteiger partial charge in [0.15, 0.2) is 0 Å². The first-order chi connectivity index (χ1) is 8.99. The van der Waals surface area contributed by atoms with Crippen LogP contribution in [-0.2, 0) is 0 Å². The van der Waals surface area contributed by atoms with Gasteiger partial charge in [0.1, 0.15) is 22.3 Å². The molecule has 0 atom stereocenters. The maximum absolute atomic E-state index is 13.2. The number of hydrogen-bond donors (Lipinski definition) is 1. The van der Waals surface area contributed by atoms with Crippen LogP contribution in [0.25, 0.3) is 0 Å². The van der Waals surface area contributed by atoms with Crippen molar-refractivity contribution in [1.29, 1.82) is 0 Å². The summed E-state index contributed by atoms with van der Waals surface area (Å²) in [4.78, 5) is 0.237. The van der Waals surface area contributed by atoms with Gasteiger partial charge >= 0.3 is 0 Å². The van der Waals surface area contributed by atoms with E-state index >= 15 is 0 Å². The van der Waals surface area contributed by atoms with Gasteiger partial charge in [0, 0.05) is 4.47 Å². The number of halogens is 2. The van der Waals surface area contributed by atoms with E-state index in [0.717, 1.165) is 4.47 Å². The second-order valence-corrected chi connectivity index (χ2v) is 5.28. The Morgan fingerprint density at radius 1 is 1.32 bits per heavy atom. The molecule has 0 saturated heterocycles. The Balaban J connectivity index is 2.40. The molecule has 2 aromatic rings. The fourth-order valence-corrected chi connectivity index (χ4v) is 2.54. The van der Waals surface area contributed by atoms with Gasteiger partial charge in [-0.05, 0) is 58.7 Å². The zero-order chi connectivity index (χ0) is 14.0. The van der Waals surface area contributed by atoms with Gasteiger partial charge in [0.05, 0.1) is 5.56 Å². The molecule has 0 amide bonds. The summed E-state index contributed by atoms with van der Waals surface area (Å²) in [5.41, 5.74) is 6.83. The van der Waals surface area contributed by atoms with E-state index in [1.165, 1.54) is 6.07 Å². The van der Waals surface area contributed by atoms with Crippen LogP contribution in [0.15, 0.2) is 40.9 Å². The van der Waals surface area contributed by atoms with Gasteiger partial charge in [0.25, 0.3) is 0 Å². The van der Waals surface area contributed by atoms with E-state index in [1.807, 2.05) is 12.1 Å². The van der Waals surface area contributed by atoms with E-state index < -0.39 is 0 Å². The first-order valence-electron chi connectivity index (χ1n) is 5.51. The van der Waals surface area contributed by atoms with Crippen molar-refractivity contribution in [2.75, 3.05) is 0 Å². The Morgan fingerprint density at radius 3 is 2.68 bits per heavy atom. The normalized spacial score (nSPS) is 10.3. The third-order valence-corrected chi connectivity index (χ3v) is 3.44. The van der Waals surface area contributed by atoms with Gasteiger partial charge in [-0.2, -0.15) is 0 Å². The second-order valence-electron chi connectivity index (χ2n) is 3.99. The minimum atomic E-state index is -0.267. The van der Waals surface area contributed by atoms with Crippen LogP contribution in [0.1, 0.15) is 11.1 Å². The second kappa shape index (κ2) is 5.67. The lowest BCUT2D eigenvalue weighted by Crippen LogP contribution is -2.11. The summed E-state index contributed by atoms with van der Waals surface area (Å²) in [6.07, 6.45) is 0. The molecule has 2 nitrogen and oxygen atoms in total. The smallest absolute Gasteiger partial charge is 0.138 e. The van der Waals surface area contributed by atoms with Crippen molar-refractivity contribution >= 4 is 33.1 Å². The highest BCUT2D eigenvalue weighted by molar-refractivity contribution is 9.10. The summed E-state index contributed by atoms with van der Waals surface area (Å²) in [5.74, 6) is 0.804. The highest BCUT2D eigenvalue weighted by atomic mass is 79.9. The molecule has 2 aromatic carbocycles. The third kappa shape index (κ3) is 3.11. The maximum atomic E-state index is 13.2. The van der Waals surface area contributed by atoms with Crippen LogP contribution >= 0.6 is 28.1 Å². The molecule has 0 bridgehead atoms. The number of ether oxygens (including phenoxy) is 1. The van der Waals surface area contributed by atoms with Crippen molar-refractivity contribution in [2.45, 2.75) is 6.92 Å². The lowest BCUT2D eigenvalue weighted by Gasteiger charge is -2.12. The SMILES string of the molecule is Cc1cc(Oc2cccc(Br)c2C(N)=S)ccc1F. The summed E-state index contributed by atoms with van der Waals surface area (Å²) in [7, 11) is 0.